The zero-order chi connectivity index (χ0) is 13.6. The standard InChI is InChI=1S/C13H17N3O2S/c1-9-6-7-16(8-11(9)14)13-10-4-2-3-5-12(10)19(17,18)15-13/h2-5,9,11H,6-8,14H2,1H3. The van der Waals surface area contributed by atoms with E-state index in [1.807, 2.05) is 17.0 Å². The monoisotopic (exact) mass is 279 g/mol. The number of likely N-dealkylation sites (tertiary alicyclic amines) is 1. The number of piperidine rings is 1. The minimum Gasteiger partial charge on any atom is -0.354 e. The number of amidine groups is 1. The van der Waals surface area contributed by atoms with Crippen molar-refractivity contribution in [2.75, 3.05) is 13.1 Å². The first-order chi connectivity index (χ1) is 8.99. The van der Waals surface area contributed by atoms with E-state index in [9.17, 15) is 8.42 Å². The minimum atomic E-state index is -3.53. The van der Waals surface area contributed by atoms with Crippen LogP contribution in [0.5, 0.6) is 0 Å². The lowest BCUT2D eigenvalue weighted by Gasteiger charge is -2.36. The van der Waals surface area contributed by atoms with Crippen LogP contribution in [0, 0.1) is 5.92 Å². The SMILES string of the molecule is CC1CCN(C2=NS(=O)(=O)c3ccccc32)CC1N. The summed E-state index contributed by atoms with van der Waals surface area (Å²) < 4.78 is 27.9. The van der Waals surface area contributed by atoms with E-state index in [1.54, 1.807) is 12.1 Å². The first-order valence-electron chi connectivity index (χ1n) is 6.44. The van der Waals surface area contributed by atoms with Crippen molar-refractivity contribution >= 4 is 15.9 Å². The van der Waals surface area contributed by atoms with Gasteiger partial charge in [0.2, 0.25) is 0 Å². The number of nitrogens with zero attached hydrogens (tertiary/aromatic N) is 2. The van der Waals surface area contributed by atoms with Crippen LogP contribution < -0.4 is 5.73 Å². The van der Waals surface area contributed by atoms with Crippen molar-refractivity contribution in [3.63, 3.8) is 0 Å². The molecule has 1 aromatic rings. The van der Waals surface area contributed by atoms with E-state index < -0.39 is 10.0 Å². The van der Waals surface area contributed by atoms with Crippen molar-refractivity contribution < 1.29 is 8.42 Å². The molecule has 2 aliphatic rings. The maximum Gasteiger partial charge on any atom is 0.285 e. The van der Waals surface area contributed by atoms with E-state index in [-0.39, 0.29) is 6.04 Å². The van der Waals surface area contributed by atoms with Gasteiger partial charge in [-0.1, -0.05) is 19.1 Å². The number of hydrogen-bond donors (Lipinski definition) is 1. The largest absolute Gasteiger partial charge is 0.354 e. The average molecular weight is 279 g/mol. The predicted octanol–water partition coefficient (Wildman–Crippen LogP) is 0.805. The van der Waals surface area contributed by atoms with Crippen LogP contribution in [0.3, 0.4) is 0 Å². The molecule has 1 saturated heterocycles. The Balaban J connectivity index is 1.99. The Morgan fingerprint density at radius 1 is 1.37 bits per heavy atom. The van der Waals surface area contributed by atoms with Gasteiger partial charge in [0.05, 0.1) is 0 Å². The highest BCUT2D eigenvalue weighted by Crippen LogP contribution is 2.29. The zero-order valence-electron chi connectivity index (χ0n) is 10.8. The Labute approximate surface area is 113 Å². The van der Waals surface area contributed by atoms with Crippen molar-refractivity contribution in [2.45, 2.75) is 24.3 Å². The molecule has 2 heterocycles. The molecule has 0 bridgehead atoms. The van der Waals surface area contributed by atoms with Crippen LogP contribution >= 0.6 is 0 Å². The van der Waals surface area contributed by atoms with Crippen LogP contribution in [0.1, 0.15) is 18.9 Å². The minimum absolute atomic E-state index is 0.0620. The smallest absolute Gasteiger partial charge is 0.285 e. The fourth-order valence-electron chi connectivity index (χ4n) is 2.61. The highest BCUT2D eigenvalue weighted by Gasteiger charge is 2.34. The van der Waals surface area contributed by atoms with Gasteiger partial charge in [-0.2, -0.15) is 8.42 Å². The molecule has 6 heteroatoms. The van der Waals surface area contributed by atoms with Crippen LogP contribution in [0.15, 0.2) is 33.6 Å². The molecule has 2 aliphatic heterocycles. The second kappa shape index (κ2) is 4.31. The lowest BCUT2D eigenvalue weighted by atomic mass is 9.94. The highest BCUT2D eigenvalue weighted by molar-refractivity contribution is 7.90. The van der Waals surface area contributed by atoms with Gasteiger partial charge in [-0.3, -0.25) is 0 Å². The third kappa shape index (κ3) is 2.04. The number of sulfonamides is 1. The molecule has 0 amide bonds. The number of hydrogen-bond acceptors (Lipinski definition) is 4. The molecule has 5 nitrogen and oxygen atoms in total. The van der Waals surface area contributed by atoms with Crippen LogP contribution in [0.25, 0.3) is 0 Å². The molecule has 0 aliphatic carbocycles. The highest BCUT2D eigenvalue weighted by atomic mass is 32.2. The molecule has 102 valence electrons. The molecule has 0 spiro atoms. The number of nitrogens with two attached hydrogens (primary N) is 1. The summed E-state index contributed by atoms with van der Waals surface area (Å²) in [6.07, 6.45) is 0.961. The molecule has 0 radical (unpaired) electrons. The third-order valence-electron chi connectivity index (χ3n) is 3.93. The van der Waals surface area contributed by atoms with Gasteiger partial charge in [-0.25, -0.2) is 0 Å². The molecule has 2 N–H and O–H groups in total. The van der Waals surface area contributed by atoms with Gasteiger partial charge >= 0.3 is 0 Å². The second-order valence-corrected chi connectivity index (χ2v) is 6.83. The lowest BCUT2D eigenvalue weighted by molar-refractivity contribution is 0.245. The zero-order valence-corrected chi connectivity index (χ0v) is 11.6. The molecule has 19 heavy (non-hydrogen) atoms. The van der Waals surface area contributed by atoms with Crippen LogP contribution in [-0.4, -0.2) is 38.3 Å². The Bertz CT molecular complexity index is 639. The Morgan fingerprint density at radius 2 is 2.11 bits per heavy atom. The van der Waals surface area contributed by atoms with Gasteiger partial charge in [-0.15, -0.1) is 4.40 Å². The topological polar surface area (TPSA) is 75.8 Å². The summed E-state index contributed by atoms with van der Waals surface area (Å²) in [5, 5.41) is 0. The number of benzene rings is 1. The predicted molar refractivity (Wildman–Crippen MR) is 73.5 cm³/mol. The van der Waals surface area contributed by atoms with Gasteiger partial charge in [0.1, 0.15) is 4.90 Å². The fraction of sp³-hybridized carbons (Fsp3) is 0.462. The van der Waals surface area contributed by atoms with Crippen LogP contribution in [0.4, 0.5) is 0 Å². The molecule has 3 rings (SSSR count). The molecule has 0 aromatic heterocycles. The van der Waals surface area contributed by atoms with E-state index in [2.05, 4.69) is 11.3 Å². The molecule has 1 aromatic carbocycles. The lowest BCUT2D eigenvalue weighted by Crippen LogP contribution is -2.49. The normalized spacial score (nSPS) is 28.9. The van der Waals surface area contributed by atoms with E-state index in [1.165, 1.54) is 0 Å². The Kier molecular flexibility index (Phi) is 2.87. The summed E-state index contributed by atoms with van der Waals surface area (Å²) >= 11 is 0. The quantitative estimate of drug-likeness (QED) is 0.762. The van der Waals surface area contributed by atoms with E-state index >= 15 is 0 Å². The van der Waals surface area contributed by atoms with Crippen molar-refractivity contribution in [3.8, 4) is 0 Å². The van der Waals surface area contributed by atoms with E-state index in [0.29, 0.717) is 28.8 Å². The molecule has 2 atom stereocenters. The first-order valence-corrected chi connectivity index (χ1v) is 7.88. The summed E-state index contributed by atoms with van der Waals surface area (Å²) in [5.41, 5.74) is 6.78. The van der Waals surface area contributed by atoms with Crippen molar-refractivity contribution in [1.82, 2.24) is 4.90 Å². The Hall–Kier alpha value is -1.40. The summed E-state index contributed by atoms with van der Waals surface area (Å²) in [6, 6.07) is 7.03. The molecular formula is C13H17N3O2S. The maximum atomic E-state index is 12.0. The van der Waals surface area contributed by atoms with Crippen LogP contribution in [0.2, 0.25) is 0 Å². The summed E-state index contributed by atoms with van der Waals surface area (Å²) in [6.45, 7) is 3.59. The van der Waals surface area contributed by atoms with E-state index in [4.69, 9.17) is 5.73 Å². The van der Waals surface area contributed by atoms with Gasteiger partial charge in [0.25, 0.3) is 10.0 Å². The molecule has 1 fully saturated rings. The third-order valence-corrected chi connectivity index (χ3v) is 5.25. The second-order valence-electron chi connectivity index (χ2n) is 5.26. The van der Waals surface area contributed by atoms with Gasteiger partial charge in [0, 0.05) is 24.7 Å². The van der Waals surface area contributed by atoms with Gasteiger partial charge in [0.15, 0.2) is 5.84 Å². The van der Waals surface area contributed by atoms with Crippen molar-refractivity contribution in [2.24, 2.45) is 16.0 Å². The summed E-state index contributed by atoms with van der Waals surface area (Å²) in [4.78, 5) is 2.30. The molecule has 0 saturated carbocycles. The van der Waals surface area contributed by atoms with Crippen molar-refractivity contribution in [3.05, 3.63) is 29.8 Å². The van der Waals surface area contributed by atoms with Gasteiger partial charge < -0.3 is 10.6 Å². The first kappa shape index (κ1) is 12.6. The van der Waals surface area contributed by atoms with Gasteiger partial charge in [-0.05, 0) is 24.5 Å². The Morgan fingerprint density at radius 3 is 2.84 bits per heavy atom. The molecular weight excluding hydrogens is 262 g/mol. The molecule has 2 unspecified atom stereocenters. The summed E-state index contributed by atoms with van der Waals surface area (Å²) in [7, 11) is -3.53. The van der Waals surface area contributed by atoms with Crippen molar-refractivity contribution in [1.29, 1.82) is 0 Å². The fourth-order valence-corrected chi connectivity index (χ4v) is 3.84. The number of fused-ring (bicyclic) bond motifs is 1. The van der Waals surface area contributed by atoms with Crippen LogP contribution in [-0.2, 0) is 10.0 Å². The van der Waals surface area contributed by atoms with E-state index in [0.717, 1.165) is 13.0 Å². The maximum absolute atomic E-state index is 12.0. The summed E-state index contributed by atoms with van der Waals surface area (Å²) in [5.74, 6) is 1.02. The average Bonchev–Trinajstić information content (AvgIpc) is 2.66. The number of rotatable bonds is 0.